The Bertz CT molecular complexity index is 730. The summed E-state index contributed by atoms with van der Waals surface area (Å²) in [4.78, 5) is 13.5. The van der Waals surface area contributed by atoms with Gasteiger partial charge in [-0.15, -0.1) is 0 Å². The second-order valence-corrected chi connectivity index (χ2v) is 5.69. The van der Waals surface area contributed by atoms with Gasteiger partial charge >= 0.3 is 0 Å². The second kappa shape index (κ2) is 6.53. The molecule has 6 heteroatoms. The number of benzene rings is 1. The third kappa shape index (κ3) is 3.34. The van der Waals surface area contributed by atoms with Gasteiger partial charge in [0.2, 0.25) is 5.91 Å². The number of nitrogens with zero attached hydrogens (tertiary/aromatic N) is 3. The summed E-state index contributed by atoms with van der Waals surface area (Å²) in [5, 5.41) is 15.9. The van der Waals surface area contributed by atoms with Crippen LogP contribution in [-0.4, -0.2) is 34.1 Å². The second-order valence-electron chi connectivity index (χ2n) is 5.69. The molecule has 1 aromatic heterocycles. The Morgan fingerprint density at radius 2 is 2.22 bits per heavy atom. The predicted octanol–water partition coefficient (Wildman–Crippen LogP) is 2.80. The third-order valence-corrected chi connectivity index (χ3v) is 4.12. The molecule has 23 heavy (non-hydrogen) atoms. The van der Waals surface area contributed by atoms with Crippen LogP contribution in [0.5, 0.6) is 11.5 Å². The van der Waals surface area contributed by atoms with Crippen molar-refractivity contribution in [2.75, 3.05) is 13.1 Å². The monoisotopic (exact) mass is 310 g/mol. The number of likely N-dealkylation sites (tertiary alicyclic amines) is 1. The molecule has 0 unspecified atom stereocenters. The molecule has 0 saturated carbocycles. The molecule has 1 N–H and O–H groups in total. The normalized spacial score (nSPS) is 17.6. The standard InChI is InChI=1S/C17H18N4O2/c1-12(22)21-8-2-3-14(11-21)17-16(10-19-20-17)23-15-6-4-13(9-18)5-7-15/h4-7,10,14H,2-3,8,11H2,1H3,(H,19,20)/t14-/m0/s1. The van der Waals surface area contributed by atoms with Crippen molar-refractivity contribution < 1.29 is 9.53 Å². The molecule has 1 fully saturated rings. The Balaban J connectivity index is 1.76. The van der Waals surface area contributed by atoms with E-state index in [4.69, 9.17) is 10.00 Å². The summed E-state index contributed by atoms with van der Waals surface area (Å²) >= 11 is 0. The summed E-state index contributed by atoms with van der Waals surface area (Å²) in [5.74, 6) is 1.63. The van der Waals surface area contributed by atoms with Gasteiger partial charge in [-0.2, -0.15) is 10.4 Å². The number of rotatable bonds is 3. The molecule has 118 valence electrons. The fourth-order valence-corrected chi connectivity index (χ4v) is 2.88. The zero-order valence-corrected chi connectivity index (χ0v) is 13.0. The lowest BCUT2D eigenvalue weighted by atomic mass is 9.94. The number of H-pyrrole nitrogens is 1. The van der Waals surface area contributed by atoms with E-state index in [0.717, 1.165) is 25.1 Å². The largest absolute Gasteiger partial charge is 0.454 e. The van der Waals surface area contributed by atoms with E-state index >= 15 is 0 Å². The van der Waals surface area contributed by atoms with E-state index < -0.39 is 0 Å². The summed E-state index contributed by atoms with van der Waals surface area (Å²) in [6.45, 7) is 3.09. The Hall–Kier alpha value is -2.81. The van der Waals surface area contributed by atoms with Crippen LogP contribution in [0.4, 0.5) is 0 Å². The number of carbonyl (C=O) groups excluding carboxylic acids is 1. The maximum absolute atomic E-state index is 11.6. The van der Waals surface area contributed by atoms with E-state index in [1.165, 1.54) is 0 Å². The van der Waals surface area contributed by atoms with Gasteiger partial charge < -0.3 is 9.64 Å². The van der Waals surface area contributed by atoms with Gasteiger partial charge in [0, 0.05) is 25.9 Å². The van der Waals surface area contributed by atoms with Crippen LogP contribution in [0, 0.1) is 11.3 Å². The molecule has 1 aliphatic rings. The number of aromatic nitrogens is 2. The highest BCUT2D eigenvalue weighted by Crippen LogP contribution is 2.34. The highest BCUT2D eigenvalue weighted by Gasteiger charge is 2.26. The fraction of sp³-hybridized carbons (Fsp3) is 0.353. The van der Waals surface area contributed by atoms with Gasteiger partial charge in [0.15, 0.2) is 5.75 Å². The minimum Gasteiger partial charge on any atom is -0.454 e. The van der Waals surface area contributed by atoms with Gasteiger partial charge in [-0.25, -0.2) is 0 Å². The van der Waals surface area contributed by atoms with Crippen molar-refractivity contribution in [1.29, 1.82) is 5.26 Å². The minimum atomic E-state index is 0.101. The molecule has 1 aromatic carbocycles. The van der Waals surface area contributed by atoms with Crippen molar-refractivity contribution in [2.45, 2.75) is 25.7 Å². The van der Waals surface area contributed by atoms with Crippen LogP contribution in [0.25, 0.3) is 0 Å². The summed E-state index contributed by atoms with van der Waals surface area (Å²) < 4.78 is 5.89. The van der Waals surface area contributed by atoms with E-state index in [1.807, 2.05) is 4.90 Å². The first kappa shape index (κ1) is 15.1. The molecule has 1 amide bonds. The van der Waals surface area contributed by atoms with Crippen LogP contribution in [0.15, 0.2) is 30.5 Å². The molecule has 6 nitrogen and oxygen atoms in total. The van der Waals surface area contributed by atoms with Gasteiger partial charge in [0.1, 0.15) is 5.75 Å². The molecule has 2 aromatic rings. The first-order valence-electron chi connectivity index (χ1n) is 7.64. The van der Waals surface area contributed by atoms with E-state index in [2.05, 4.69) is 16.3 Å². The SMILES string of the molecule is CC(=O)N1CCC[C@H](c2[nH]ncc2Oc2ccc(C#N)cc2)C1. The highest BCUT2D eigenvalue weighted by molar-refractivity contribution is 5.73. The van der Waals surface area contributed by atoms with Crippen LogP contribution in [0.3, 0.4) is 0 Å². The van der Waals surface area contributed by atoms with Crippen molar-refractivity contribution in [3.63, 3.8) is 0 Å². The van der Waals surface area contributed by atoms with Crippen molar-refractivity contribution in [3.8, 4) is 17.6 Å². The molecule has 3 rings (SSSR count). The van der Waals surface area contributed by atoms with Crippen molar-refractivity contribution in [1.82, 2.24) is 15.1 Å². The van der Waals surface area contributed by atoms with Gasteiger partial charge in [0.05, 0.1) is 23.5 Å². The molecule has 1 saturated heterocycles. The van der Waals surface area contributed by atoms with Crippen molar-refractivity contribution >= 4 is 5.91 Å². The maximum Gasteiger partial charge on any atom is 0.219 e. The quantitative estimate of drug-likeness (QED) is 0.945. The molecule has 1 aliphatic heterocycles. The van der Waals surface area contributed by atoms with E-state index in [-0.39, 0.29) is 11.8 Å². The molecular weight excluding hydrogens is 292 g/mol. The lowest BCUT2D eigenvalue weighted by molar-refractivity contribution is -0.130. The number of hydrogen-bond donors (Lipinski definition) is 1. The van der Waals surface area contributed by atoms with E-state index in [9.17, 15) is 4.79 Å². The molecule has 0 bridgehead atoms. The minimum absolute atomic E-state index is 0.101. The zero-order chi connectivity index (χ0) is 16.2. The van der Waals surface area contributed by atoms with Crippen LogP contribution in [0.1, 0.15) is 36.9 Å². The maximum atomic E-state index is 11.6. The van der Waals surface area contributed by atoms with Crippen LogP contribution in [-0.2, 0) is 4.79 Å². The van der Waals surface area contributed by atoms with Gasteiger partial charge in [-0.05, 0) is 37.1 Å². The van der Waals surface area contributed by atoms with Crippen molar-refractivity contribution in [2.24, 2.45) is 0 Å². The molecule has 1 atom stereocenters. The Labute approximate surface area is 134 Å². The summed E-state index contributed by atoms with van der Waals surface area (Å²) in [6.07, 6.45) is 3.62. The summed E-state index contributed by atoms with van der Waals surface area (Å²) in [6, 6.07) is 9.03. The molecule has 0 spiro atoms. The third-order valence-electron chi connectivity index (χ3n) is 4.12. The number of piperidine rings is 1. The Morgan fingerprint density at radius 1 is 1.43 bits per heavy atom. The average molecular weight is 310 g/mol. The highest BCUT2D eigenvalue weighted by atomic mass is 16.5. The fourth-order valence-electron chi connectivity index (χ4n) is 2.88. The predicted molar refractivity (Wildman–Crippen MR) is 84.0 cm³/mol. The van der Waals surface area contributed by atoms with Crippen LogP contribution >= 0.6 is 0 Å². The molecule has 0 aliphatic carbocycles. The Morgan fingerprint density at radius 3 is 2.91 bits per heavy atom. The number of ether oxygens (including phenoxy) is 1. The Kier molecular flexibility index (Phi) is 4.29. The van der Waals surface area contributed by atoms with Gasteiger partial charge in [0.25, 0.3) is 0 Å². The van der Waals surface area contributed by atoms with Gasteiger partial charge in [-0.3, -0.25) is 9.89 Å². The average Bonchev–Trinajstić information content (AvgIpc) is 3.04. The number of hydrogen-bond acceptors (Lipinski definition) is 4. The lowest BCUT2D eigenvalue weighted by Crippen LogP contribution is -2.37. The summed E-state index contributed by atoms with van der Waals surface area (Å²) in [5.41, 5.74) is 1.51. The summed E-state index contributed by atoms with van der Waals surface area (Å²) in [7, 11) is 0. The van der Waals surface area contributed by atoms with Crippen LogP contribution < -0.4 is 4.74 Å². The topological polar surface area (TPSA) is 82.0 Å². The molecule has 2 heterocycles. The number of aromatic amines is 1. The molecular formula is C17H18N4O2. The van der Waals surface area contributed by atoms with Gasteiger partial charge in [-0.1, -0.05) is 0 Å². The number of nitriles is 1. The molecule has 0 radical (unpaired) electrons. The van der Waals surface area contributed by atoms with E-state index in [0.29, 0.717) is 23.6 Å². The smallest absolute Gasteiger partial charge is 0.219 e. The zero-order valence-electron chi connectivity index (χ0n) is 13.0. The van der Waals surface area contributed by atoms with E-state index in [1.54, 1.807) is 37.4 Å². The number of carbonyl (C=O) groups is 1. The first-order valence-corrected chi connectivity index (χ1v) is 7.64. The number of nitrogens with one attached hydrogen (secondary N) is 1. The number of amides is 1. The first-order chi connectivity index (χ1) is 11.2. The van der Waals surface area contributed by atoms with Crippen LogP contribution in [0.2, 0.25) is 0 Å². The van der Waals surface area contributed by atoms with Crippen molar-refractivity contribution in [3.05, 3.63) is 41.7 Å². The lowest BCUT2D eigenvalue weighted by Gasteiger charge is -2.31.